The van der Waals surface area contributed by atoms with Gasteiger partial charge in [0.1, 0.15) is 15.8 Å². The number of methoxy groups -OCH3 is 1. The zero-order chi connectivity index (χ0) is 15.8. The van der Waals surface area contributed by atoms with Crippen LogP contribution in [0.5, 0.6) is 5.75 Å². The minimum absolute atomic E-state index is 0.455. The van der Waals surface area contributed by atoms with Gasteiger partial charge < -0.3 is 9.47 Å². The second kappa shape index (κ2) is 6.10. The molecule has 0 atom stereocenters. The first-order valence-electron chi connectivity index (χ1n) is 6.04. The topological polar surface area (TPSA) is 60.5 Å². The number of hydrogen-bond acceptors (Lipinski definition) is 5. The van der Waals surface area contributed by atoms with E-state index in [2.05, 4.69) is 42.2 Å². The fourth-order valence-corrected chi connectivity index (χ4v) is 4.30. The summed E-state index contributed by atoms with van der Waals surface area (Å²) >= 11 is 8.22. The fraction of sp³-hybridized carbons (Fsp3) is 0.385. The standard InChI is InChI=1S/C13H14Br2N2O3S/c1-13(2,3)20-12(18)17-11-16-8-6(14)5-7(15)9(19-4)10(8)21-11/h5H,1-4H3,(H,16,17,18). The van der Waals surface area contributed by atoms with Crippen molar-refractivity contribution >= 4 is 64.6 Å². The van der Waals surface area contributed by atoms with Crippen LogP contribution in [0.3, 0.4) is 0 Å². The van der Waals surface area contributed by atoms with Crippen LogP contribution >= 0.6 is 43.2 Å². The van der Waals surface area contributed by atoms with Crippen molar-refractivity contribution < 1.29 is 14.3 Å². The molecule has 21 heavy (non-hydrogen) atoms. The highest BCUT2D eigenvalue weighted by Gasteiger charge is 2.20. The molecular formula is C13H14Br2N2O3S. The summed E-state index contributed by atoms with van der Waals surface area (Å²) in [7, 11) is 1.59. The summed E-state index contributed by atoms with van der Waals surface area (Å²) in [6.07, 6.45) is -0.532. The Hall–Kier alpha value is -0.860. The quantitative estimate of drug-likeness (QED) is 0.703. The maximum absolute atomic E-state index is 11.8. The molecule has 2 rings (SSSR count). The number of aromatic nitrogens is 1. The minimum Gasteiger partial charge on any atom is -0.494 e. The monoisotopic (exact) mass is 436 g/mol. The van der Waals surface area contributed by atoms with Crippen molar-refractivity contribution in [3.05, 3.63) is 15.0 Å². The second-order valence-electron chi connectivity index (χ2n) is 5.20. The van der Waals surface area contributed by atoms with Crippen molar-refractivity contribution in [1.82, 2.24) is 4.98 Å². The molecule has 2 aromatic rings. The summed E-state index contributed by atoms with van der Waals surface area (Å²) in [5.74, 6) is 0.683. The molecule has 0 bridgehead atoms. The molecule has 0 aliphatic heterocycles. The number of thiazole rings is 1. The number of rotatable bonds is 2. The highest BCUT2D eigenvalue weighted by molar-refractivity contribution is 9.11. The van der Waals surface area contributed by atoms with E-state index in [-0.39, 0.29) is 0 Å². The minimum atomic E-state index is -0.554. The fourth-order valence-electron chi connectivity index (χ4n) is 1.62. The molecule has 1 N–H and O–H groups in total. The Morgan fingerprint density at radius 3 is 2.57 bits per heavy atom. The zero-order valence-corrected chi connectivity index (χ0v) is 15.9. The molecule has 0 spiro atoms. The van der Waals surface area contributed by atoms with E-state index < -0.39 is 11.7 Å². The molecule has 0 aliphatic carbocycles. The number of amides is 1. The normalized spacial score (nSPS) is 11.5. The molecule has 1 aromatic carbocycles. The maximum atomic E-state index is 11.8. The smallest absolute Gasteiger partial charge is 0.413 e. The number of carbonyl (C=O) groups excluding carboxylic acids is 1. The third-order valence-electron chi connectivity index (χ3n) is 2.34. The second-order valence-corrected chi connectivity index (χ2v) is 7.90. The summed E-state index contributed by atoms with van der Waals surface area (Å²) < 4.78 is 13.1. The van der Waals surface area contributed by atoms with Crippen LogP contribution in [-0.2, 0) is 4.74 Å². The molecule has 1 heterocycles. The Kier molecular flexibility index (Phi) is 4.79. The lowest BCUT2D eigenvalue weighted by atomic mass is 10.2. The first-order chi connectivity index (χ1) is 9.71. The SMILES string of the molecule is COc1c(Br)cc(Br)c2nc(NC(=O)OC(C)(C)C)sc12. The van der Waals surface area contributed by atoms with Gasteiger partial charge in [-0.05, 0) is 58.7 Å². The molecule has 1 aromatic heterocycles. The van der Waals surface area contributed by atoms with Crippen LogP contribution in [0.25, 0.3) is 10.2 Å². The molecule has 114 valence electrons. The number of nitrogens with one attached hydrogen (secondary N) is 1. The molecular weight excluding hydrogens is 424 g/mol. The van der Waals surface area contributed by atoms with E-state index in [4.69, 9.17) is 9.47 Å². The van der Waals surface area contributed by atoms with Crippen LogP contribution < -0.4 is 10.1 Å². The average molecular weight is 438 g/mol. The Labute approximate surface area is 143 Å². The zero-order valence-electron chi connectivity index (χ0n) is 11.9. The lowest BCUT2D eigenvalue weighted by Gasteiger charge is -2.18. The van der Waals surface area contributed by atoms with E-state index in [1.54, 1.807) is 7.11 Å². The number of hydrogen-bond donors (Lipinski definition) is 1. The van der Waals surface area contributed by atoms with Gasteiger partial charge in [0.05, 0.1) is 11.6 Å². The molecule has 0 saturated heterocycles. The van der Waals surface area contributed by atoms with Gasteiger partial charge in [-0.25, -0.2) is 9.78 Å². The Morgan fingerprint density at radius 1 is 1.33 bits per heavy atom. The van der Waals surface area contributed by atoms with Gasteiger partial charge in [0.15, 0.2) is 10.9 Å². The van der Waals surface area contributed by atoms with Crippen molar-refractivity contribution in [2.45, 2.75) is 26.4 Å². The molecule has 0 fully saturated rings. The van der Waals surface area contributed by atoms with E-state index in [1.165, 1.54) is 11.3 Å². The molecule has 0 aliphatic rings. The van der Waals surface area contributed by atoms with E-state index >= 15 is 0 Å². The first kappa shape index (κ1) is 16.5. The van der Waals surface area contributed by atoms with E-state index in [0.29, 0.717) is 10.9 Å². The molecule has 0 radical (unpaired) electrons. The number of benzene rings is 1. The molecule has 8 heteroatoms. The van der Waals surface area contributed by atoms with Gasteiger partial charge in [0, 0.05) is 4.47 Å². The van der Waals surface area contributed by atoms with Crippen LogP contribution in [0.2, 0.25) is 0 Å². The predicted octanol–water partition coefficient (Wildman–Crippen LogP) is 5.18. The van der Waals surface area contributed by atoms with Crippen molar-refractivity contribution in [2.24, 2.45) is 0 Å². The van der Waals surface area contributed by atoms with Gasteiger partial charge in [-0.15, -0.1) is 0 Å². The third kappa shape index (κ3) is 3.87. The third-order valence-corrected chi connectivity index (χ3v) is 4.51. The number of carbonyl (C=O) groups is 1. The summed E-state index contributed by atoms with van der Waals surface area (Å²) in [5.41, 5.74) is 0.174. The highest BCUT2D eigenvalue weighted by atomic mass is 79.9. The first-order valence-corrected chi connectivity index (χ1v) is 8.44. The van der Waals surface area contributed by atoms with Gasteiger partial charge >= 0.3 is 6.09 Å². The van der Waals surface area contributed by atoms with E-state index in [1.807, 2.05) is 26.8 Å². The van der Waals surface area contributed by atoms with Gasteiger partial charge in [-0.3, -0.25) is 5.32 Å². The van der Waals surface area contributed by atoms with Crippen molar-refractivity contribution in [3.8, 4) is 5.75 Å². The summed E-state index contributed by atoms with van der Waals surface area (Å²) in [6.45, 7) is 5.42. The van der Waals surface area contributed by atoms with Gasteiger partial charge in [0.2, 0.25) is 0 Å². The van der Waals surface area contributed by atoms with E-state index in [9.17, 15) is 4.79 Å². The highest BCUT2D eigenvalue weighted by Crippen LogP contribution is 2.42. The number of fused-ring (bicyclic) bond motifs is 1. The van der Waals surface area contributed by atoms with Gasteiger partial charge in [0.25, 0.3) is 0 Å². The maximum Gasteiger partial charge on any atom is 0.413 e. The molecule has 1 amide bonds. The Bertz CT molecular complexity index is 695. The largest absolute Gasteiger partial charge is 0.494 e. The lowest BCUT2D eigenvalue weighted by molar-refractivity contribution is 0.0636. The van der Waals surface area contributed by atoms with Gasteiger partial charge in [-0.2, -0.15) is 0 Å². The summed E-state index contributed by atoms with van der Waals surface area (Å²) in [5, 5.41) is 3.10. The van der Waals surface area contributed by atoms with Crippen LogP contribution in [0, 0.1) is 0 Å². The number of ether oxygens (including phenoxy) is 2. The van der Waals surface area contributed by atoms with Crippen LogP contribution in [0.15, 0.2) is 15.0 Å². The van der Waals surface area contributed by atoms with Crippen LogP contribution in [0.1, 0.15) is 20.8 Å². The van der Waals surface area contributed by atoms with Crippen LogP contribution in [-0.4, -0.2) is 23.8 Å². The molecule has 5 nitrogen and oxygen atoms in total. The van der Waals surface area contributed by atoms with Crippen molar-refractivity contribution in [3.63, 3.8) is 0 Å². The van der Waals surface area contributed by atoms with Crippen molar-refractivity contribution in [2.75, 3.05) is 12.4 Å². The number of halogens is 2. The number of anilines is 1. The lowest BCUT2D eigenvalue weighted by Crippen LogP contribution is -2.27. The molecule has 0 saturated carbocycles. The number of nitrogens with zero attached hydrogens (tertiary/aromatic N) is 1. The Balaban J connectivity index is 2.35. The van der Waals surface area contributed by atoms with Gasteiger partial charge in [-0.1, -0.05) is 11.3 Å². The summed E-state index contributed by atoms with van der Waals surface area (Å²) in [4.78, 5) is 16.2. The van der Waals surface area contributed by atoms with Crippen molar-refractivity contribution in [1.29, 1.82) is 0 Å². The van der Waals surface area contributed by atoms with Crippen LogP contribution in [0.4, 0.5) is 9.93 Å². The predicted molar refractivity (Wildman–Crippen MR) is 91.4 cm³/mol. The molecule has 0 unspecified atom stereocenters. The summed E-state index contributed by atoms with van der Waals surface area (Å²) in [6, 6.07) is 1.86. The van der Waals surface area contributed by atoms with E-state index in [0.717, 1.165) is 19.2 Å². The Morgan fingerprint density at radius 2 is 2.00 bits per heavy atom. The average Bonchev–Trinajstić information content (AvgIpc) is 2.70.